The smallest absolute Gasteiger partial charge is 0.157 e. The number of nitrogens with one attached hydrogen (secondary N) is 1. The summed E-state index contributed by atoms with van der Waals surface area (Å²) in [6, 6.07) is 27.7. The lowest BCUT2D eigenvalue weighted by Gasteiger charge is -2.43. The summed E-state index contributed by atoms with van der Waals surface area (Å²) in [6.07, 6.45) is 4.61. The summed E-state index contributed by atoms with van der Waals surface area (Å²) >= 11 is 0. The largest absolute Gasteiger partial charge is 0.504 e. The second-order valence-corrected chi connectivity index (χ2v) is 11.9. The lowest BCUT2D eigenvalue weighted by atomic mass is 9.90. The SMILES string of the molecule is CC(NCCc1ccc(O)c(O)c1)[C@@H]1CCCC1(C)P(c1ccccc1)c1ccccc1. The molecule has 0 bridgehead atoms. The minimum Gasteiger partial charge on any atom is -0.504 e. The molecule has 2 unspecified atom stereocenters. The molecule has 0 radical (unpaired) electrons. The molecular weight excluding hydrogens is 413 g/mol. The number of hydrogen-bond acceptors (Lipinski definition) is 3. The minimum atomic E-state index is -0.473. The van der Waals surface area contributed by atoms with Crippen molar-refractivity contribution in [2.24, 2.45) is 5.92 Å². The maximum atomic E-state index is 9.76. The van der Waals surface area contributed by atoms with Gasteiger partial charge in [-0.05, 0) is 74.9 Å². The molecule has 0 amide bonds. The Hall–Kier alpha value is -2.35. The van der Waals surface area contributed by atoms with E-state index in [0.29, 0.717) is 12.0 Å². The lowest BCUT2D eigenvalue weighted by molar-refractivity contribution is 0.337. The second kappa shape index (κ2) is 10.1. The Bertz CT molecular complexity index is 971. The normalized spacial score (nSPS) is 21.7. The zero-order chi connectivity index (χ0) is 22.6. The molecule has 3 aromatic carbocycles. The Labute approximate surface area is 193 Å². The highest BCUT2D eigenvalue weighted by molar-refractivity contribution is 7.74. The monoisotopic (exact) mass is 447 g/mol. The van der Waals surface area contributed by atoms with Crippen molar-refractivity contribution in [3.8, 4) is 11.5 Å². The molecule has 1 saturated carbocycles. The summed E-state index contributed by atoms with van der Waals surface area (Å²) in [5, 5.41) is 26.3. The molecule has 1 fully saturated rings. The van der Waals surface area contributed by atoms with E-state index in [0.717, 1.165) is 18.5 Å². The van der Waals surface area contributed by atoms with Crippen molar-refractivity contribution in [1.82, 2.24) is 5.32 Å². The fourth-order valence-electron chi connectivity index (χ4n) is 5.45. The van der Waals surface area contributed by atoms with Crippen molar-refractivity contribution in [1.29, 1.82) is 0 Å². The van der Waals surface area contributed by atoms with Crippen LogP contribution in [0.3, 0.4) is 0 Å². The third kappa shape index (κ3) is 4.85. The molecule has 0 saturated heterocycles. The molecule has 0 aromatic heterocycles. The Balaban J connectivity index is 1.52. The highest BCUT2D eigenvalue weighted by Gasteiger charge is 2.47. The predicted molar refractivity (Wildman–Crippen MR) is 136 cm³/mol. The van der Waals surface area contributed by atoms with Crippen LogP contribution in [0.4, 0.5) is 0 Å². The van der Waals surface area contributed by atoms with E-state index in [2.05, 4.69) is 79.8 Å². The van der Waals surface area contributed by atoms with E-state index in [4.69, 9.17) is 0 Å². The molecule has 4 heteroatoms. The van der Waals surface area contributed by atoms with Gasteiger partial charge in [-0.1, -0.05) is 80.1 Å². The molecule has 3 N–H and O–H groups in total. The number of phenols is 2. The molecule has 3 aromatic rings. The van der Waals surface area contributed by atoms with Crippen LogP contribution >= 0.6 is 7.92 Å². The molecule has 32 heavy (non-hydrogen) atoms. The zero-order valence-corrected chi connectivity index (χ0v) is 19.9. The highest BCUT2D eigenvalue weighted by Crippen LogP contribution is 2.59. The molecule has 0 heterocycles. The topological polar surface area (TPSA) is 52.5 Å². The zero-order valence-electron chi connectivity index (χ0n) is 19.0. The summed E-state index contributed by atoms with van der Waals surface area (Å²) in [7, 11) is -0.473. The Kier molecular flexibility index (Phi) is 7.18. The van der Waals surface area contributed by atoms with E-state index in [9.17, 15) is 10.2 Å². The quantitative estimate of drug-likeness (QED) is 0.324. The summed E-state index contributed by atoms with van der Waals surface area (Å²) < 4.78 is 0. The van der Waals surface area contributed by atoms with Crippen LogP contribution in [0.1, 0.15) is 38.7 Å². The van der Waals surface area contributed by atoms with E-state index in [1.807, 2.05) is 6.07 Å². The van der Waals surface area contributed by atoms with E-state index in [-0.39, 0.29) is 16.7 Å². The van der Waals surface area contributed by atoms with Gasteiger partial charge in [0.15, 0.2) is 11.5 Å². The summed E-state index contributed by atoms with van der Waals surface area (Å²) in [5.41, 5.74) is 1.03. The fourth-order valence-corrected chi connectivity index (χ4v) is 8.93. The standard InChI is InChI=1S/C28H34NO2P/c1-21(29-19-17-22-15-16-26(30)27(31)20-22)25-14-9-18-28(25,2)32(23-10-5-3-6-11-23)24-12-7-4-8-13-24/h3-8,10-13,15-16,20-21,25,29-31H,9,14,17-19H2,1-2H3/t21?,25-,28?/m0/s1. The first-order chi connectivity index (χ1) is 15.5. The average molecular weight is 448 g/mol. The van der Waals surface area contributed by atoms with Gasteiger partial charge >= 0.3 is 0 Å². The van der Waals surface area contributed by atoms with Crippen LogP contribution < -0.4 is 15.9 Å². The molecular formula is C28H34NO2P. The number of rotatable bonds is 8. The first-order valence-corrected chi connectivity index (χ1v) is 13.0. The van der Waals surface area contributed by atoms with Gasteiger partial charge in [-0.25, -0.2) is 0 Å². The molecule has 3 nitrogen and oxygen atoms in total. The van der Waals surface area contributed by atoms with Crippen LogP contribution in [-0.2, 0) is 6.42 Å². The van der Waals surface area contributed by atoms with Crippen molar-refractivity contribution in [3.63, 3.8) is 0 Å². The fraction of sp³-hybridized carbons (Fsp3) is 0.357. The molecule has 4 rings (SSSR count). The minimum absolute atomic E-state index is 0.0460. The Morgan fingerprint density at radius 2 is 1.56 bits per heavy atom. The average Bonchev–Trinajstić information content (AvgIpc) is 3.20. The van der Waals surface area contributed by atoms with Crippen LogP contribution in [0.25, 0.3) is 0 Å². The molecule has 1 aliphatic carbocycles. The third-order valence-electron chi connectivity index (χ3n) is 7.06. The van der Waals surface area contributed by atoms with Crippen LogP contribution in [-0.4, -0.2) is 28.0 Å². The van der Waals surface area contributed by atoms with Crippen molar-refractivity contribution in [2.45, 2.75) is 50.7 Å². The number of aromatic hydroxyl groups is 2. The molecule has 3 atom stereocenters. The van der Waals surface area contributed by atoms with E-state index in [1.165, 1.54) is 29.9 Å². The van der Waals surface area contributed by atoms with Crippen molar-refractivity contribution < 1.29 is 10.2 Å². The number of hydrogen-bond donors (Lipinski definition) is 3. The van der Waals surface area contributed by atoms with Crippen molar-refractivity contribution in [3.05, 3.63) is 84.4 Å². The highest BCUT2D eigenvalue weighted by atomic mass is 31.1. The molecule has 1 aliphatic rings. The van der Waals surface area contributed by atoms with Gasteiger partial charge < -0.3 is 15.5 Å². The first-order valence-electron chi connectivity index (χ1n) is 11.6. The number of phenolic OH excluding ortho intramolecular Hbond substituents is 2. The van der Waals surface area contributed by atoms with Gasteiger partial charge in [0.05, 0.1) is 0 Å². The van der Waals surface area contributed by atoms with Gasteiger partial charge in [0.25, 0.3) is 0 Å². The summed E-state index contributed by atoms with van der Waals surface area (Å²) in [6.45, 7) is 5.71. The number of benzene rings is 3. The third-order valence-corrected chi connectivity index (χ3v) is 10.3. The van der Waals surface area contributed by atoms with Crippen LogP contribution in [0, 0.1) is 5.92 Å². The molecule has 0 spiro atoms. The van der Waals surface area contributed by atoms with Crippen LogP contribution in [0.2, 0.25) is 0 Å². The van der Waals surface area contributed by atoms with Gasteiger partial charge in [0.2, 0.25) is 0 Å². The first kappa shape index (κ1) is 22.8. The van der Waals surface area contributed by atoms with Gasteiger partial charge in [-0.15, -0.1) is 0 Å². The summed E-state index contributed by atoms with van der Waals surface area (Å²) in [5.74, 6) is 0.490. The summed E-state index contributed by atoms with van der Waals surface area (Å²) in [4.78, 5) is 0. The van der Waals surface area contributed by atoms with Gasteiger partial charge in [0.1, 0.15) is 0 Å². The van der Waals surface area contributed by atoms with Gasteiger partial charge in [-0.2, -0.15) is 0 Å². The van der Waals surface area contributed by atoms with Crippen molar-refractivity contribution in [2.75, 3.05) is 6.54 Å². The lowest BCUT2D eigenvalue weighted by Crippen LogP contribution is -2.45. The van der Waals surface area contributed by atoms with E-state index in [1.54, 1.807) is 12.1 Å². The maximum Gasteiger partial charge on any atom is 0.157 e. The van der Waals surface area contributed by atoms with E-state index >= 15 is 0 Å². The maximum absolute atomic E-state index is 9.76. The molecule has 168 valence electrons. The van der Waals surface area contributed by atoms with E-state index < -0.39 is 7.92 Å². The van der Waals surface area contributed by atoms with Crippen molar-refractivity contribution >= 4 is 18.5 Å². The second-order valence-electron chi connectivity index (χ2n) is 9.18. The van der Waals surface area contributed by atoms with Gasteiger partial charge in [0, 0.05) is 11.2 Å². The molecule has 0 aliphatic heterocycles. The van der Waals surface area contributed by atoms with Crippen LogP contribution in [0.5, 0.6) is 11.5 Å². The van der Waals surface area contributed by atoms with Gasteiger partial charge in [-0.3, -0.25) is 0 Å². The Morgan fingerprint density at radius 1 is 0.938 bits per heavy atom. The van der Waals surface area contributed by atoms with Crippen LogP contribution in [0.15, 0.2) is 78.9 Å². The predicted octanol–water partition coefficient (Wildman–Crippen LogP) is 5.31. The Morgan fingerprint density at radius 3 is 2.16 bits per heavy atom.